The molecular formula is C11H19N3O2S2. The average molecular weight is 289 g/mol. The third-order valence-electron chi connectivity index (χ3n) is 3.15. The van der Waals surface area contributed by atoms with E-state index in [0.717, 1.165) is 18.0 Å². The lowest BCUT2D eigenvalue weighted by molar-refractivity contribution is 0.338. The molecule has 1 aliphatic rings. The zero-order valence-electron chi connectivity index (χ0n) is 10.7. The number of rotatable bonds is 4. The molecule has 0 aromatic carbocycles. The van der Waals surface area contributed by atoms with Gasteiger partial charge < -0.3 is 5.32 Å². The van der Waals surface area contributed by atoms with Crippen LogP contribution in [-0.2, 0) is 10.0 Å². The van der Waals surface area contributed by atoms with Crippen LogP contribution in [0.4, 0.5) is 0 Å². The summed E-state index contributed by atoms with van der Waals surface area (Å²) >= 11 is 1.22. The van der Waals surface area contributed by atoms with E-state index >= 15 is 0 Å². The van der Waals surface area contributed by atoms with Crippen molar-refractivity contribution in [2.24, 2.45) is 0 Å². The lowest BCUT2D eigenvalue weighted by Crippen LogP contribution is -2.44. The lowest BCUT2D eigenvalue weighted by atomic mass is 10.1. The Hall–Kier alpha value is -0.500. The third kappa shape index (κ3) is 3.09. The van der Waals surface area contributed by atoms with Gasteiger partial charge in [-0.05, 0) is 26.3 Å². The summed E-state index contributed by atoms with van der Waals surface area (Å²) in [7, 11) is -1.73. The van der Waals surface area contributed by atoms with E-state index in [2.05, 4.69) is 10.3 Å². The van der Waals surface area contributed by atoms with E-state index < -0.39 is 10.0 Å². The van der Waals surface area contributed by atoms with Gasteiger partial charge in [0.05, 0.1) is 11.2 Å². The van der Waals surface area contributed by atoms with Crippen LogP contribution in [0.25, 0.3) is 0 Å². The minimum absolute atomic E-state index is 0.271. The van der Waals surface area contributed by atoms with E-state index in [4.69, 9.17) is 0 Å². The van der Waals surface area contributed by atoms with Crippen LogP contribution in [0.5, 0.6) is 0 Å². The van der Waals surface area contributed by atoms with E-state index in [-0.39, 0.29) is 6.04 Å². The van der Waals surface area contributed by atoms with E-state index in [1.807, 2.05) is 6.92 Å². The molecule has 102 valence electrons. The number of aromatic nitrogens is 1. The van der Waals surface area contributed by atoms with Crippen molar-refractivity contribution in [1.82, 2.24) is 14.6 Å². The first kappa shape index (κ1) is 13.9. The zero-order valence-corrected chi connectivity index (χ0v) is 12.4. The molecule has 18 heavy (non-hydrogen) atoms. The van der Waals surface area contributed by atoms with Gasteiger partial charge in [-0.3, -0.25) is 0 Å². The number of piperidine rings is 1. The highest BCUT2D eigenvalue weighted by Gasteiger charge is 2.26. The second-order valence-electron chi connectivity index (χ2n) is 4.63. The largest absolute Gasteiger partial charge is 0.313 e. The molecule has 1 fully saturated rings. The first-order valence-electron chi connectivity index (χ1n) is 6.12. The summed E-state index contributed by atoms with van der Waals surface area (Å²) in [5.41, 5.74) is 0. The highest BCUT2D eigenvalue weighted by Crippen LogP contribution is 2.22. The maximum atomic E-state index is 12.3. The Balaban J connectivity index is 2.05. The second-order valence-corrected chi connectivity index (χ2v) is 8.14. The molecule has 1 unspecified atom stereocenters. The molecule has 1 aliphatic heterocycles. The van der Waals surface area contributed by atoms with Crippen molar-refractivity contribution < 1.29 is 8.42 Å². The number of likely N-dealkylation sites (N-methyl/N-ethyl adjacent to an activating group) is 1. The fourth-order valence-electron chi connectivity index (χ4n) is 2.10. The Kier molecular flexibility index (Phi) is 4.37. The Morgan fingerprint density at radius 1 is 1.56 bits per heavy atom. The molecule has 0 radical (unpaired) electrons. The molecule has 0 amide bonds. The fourth-order valence-corrected chi connectivity index (χ4v) is 4.64. The minimum atomic E-state index is -3.37. The summed E-state index contributed by atoms with van der Waals surface area (Å²) in [5.74, 6) is 0. The SMILES string of the molecule is Cc1ncc(S(=O)(=O)N(C)CC2CCCCN2)s1. The summed E-state index contributed by atoms with van der Waals surface area (Å²) in [5, 5.41) is 4.14. The zero-order chi connectivity index (χ0) is 13.2. The predicted molar refractivity (Wildman–Crippen MR) is 72.3 cm³/mol. The average Bonchev–Trinajstić information content (AvgIpc) is 2.78. The molecule has 5 nitrogen and oxygen atoms in total. The van der Waals surface area contributed by atoms with Gasteiger partial charge in [-0.25, -0.2) is 13.4 Å². The Bertz CT molecular complexity index is 492. The topological polar surface area (TPSA) is 62.3 Å². The lowest BCUT2D eigenvalue weighted by Gasteiger charge is -2.27. The highest BCUT2D eigenvalue weighted by atomic mass is 32.2. The van der Waals surface area contributed by atoms with Gasteiger partial charge in [0.1, 0.15) is 0 Å². The fraction of sp³-hybridized carbons (Fsp3) is 0.727. The van der Waals surface area contributed by atoms with Gasteiger partial charge in [0.2, 0.25) is 0 Å². The Labute approximate surface area is 112 Å². The number of thiazole rings is 1. The van der Waals surface area contributed by atoms with Crippen LogP contribution in [0, 0.1) is 6.92 Å². The van der Waals surface area contributed by atoms with Crippen LogP contribution < -0.4 is 5.32 Å². The van der Waals surface area contributed by atoms with Gasteiger partial charge in [-0.2, -0.15) is 4.31 Å². The summed E-state index contributed by atoms with van der Waals surface area (Å²) in [6.07, 6.45) is 4.84. The first-order chi connectivity index (χ1) is 8.50. The minimum Gasteiger partial charge on any atom is -0.313 e. The molecule has 1 aromatic rings. The van der Waals surface area contributed by atoms with E-state index in [9.17, 15) is 8.42 Å². The number of nitrogens with one attached hydrogen (secondary N) is 1. The van der Waals surface area contributed by atoms with Crippen molar-refractivity contribution in [3.63, 3.8) is 0 Å². The standard InChI is InChI=1S/C11H19N3O2S2/c1-9-13-7-11(17-9)18(15,16)14(2)8-10-5-3-4-6-12-10/h7,10,12H,3-6,8H2,1-2H3. The van der Waals surface area contributed by atoms with E-state index in [1.165, 1.54) is 34.7 Å². The first-order valence-corrected chi connectivity index (χ1v) is 8.38. The van der Waals surface area contributed by atoms with Crippen molar-refractivity contribution in [3.05, 3.63) is 11.2 Å². The van der Waals surface area contributed by atoms with Gasteiger partial charge in [0.25, 0.3) is 10.0 Å². The number of sulfonamides is 1. The molecule has 1 saturated heterocycles. The molecule has 0 bridgehead atoms. The van der Waals surface area contributed by atoms with Crippen LogP contribution in [-0.4, -0.2) is 43.9 Å². The van der Waals surface area contributed by atoms with Gasteiger partial charge in [0, 0.05) is 19.6 Å². The normalized spacial score (nSPS) is 21.4. The van der Waals surface area contributed by atoms with Crippen LogP contribution >= 0.6 is 11.3 Å². The van der Waals surface area contributed by atoms with Crippen molar-refractivity contribution in [3.8, 4) is 0 Å². The summed E-state index contributed by atoms with van der Waals surface area (Å²) < 4.78 is 26.3. The maximum absolute atomic E-state index is 12.3. The van der Waals surface area contributed by atoms with Crippen molar-refractivity contribution in [2.45, 2.75) is 36.4 Å². The molecular weight excluding hydrogens is 270 g/mol. The molecule has 1 aromatic heterocycles. The van der Waals surface area contributed by atoms with Crippen LogP contribution in [0.1, 0.15) is 24.3 Å². The third-order valence-corrected chi connectivity index (χ3v) is 6.33. The summed E-state index contributed by atoms with van der Waals surface area (Å²) in [6.45, 7) is 3.32. The highest BCUT2D eigenvalue weighted by molar-refractivity contribution is 7.91. The summed E-state index contributed by atoms with van der Waals surface area (Å²) in [6, 6.07) is 0.271. The summed E-state index contributed by atoms with van der Waals surface area (Å²) in [4.78, 5) is 4.01. The second kappa shape index (κ2) is 5.64. The van der Waals surface area contributed by atoms with Crippen LogP contribution in [0.3, 0.4) is 0 Å². The molecule has 0 saturated carbocycles. The number of aryl methyl sites for hydroxylation is 1. The Morgan fingerprint density at radius 3 is 2.89 bits per heavy atom. The number of hydrogen-bond acceptors (Lipinski definition) is 5. The maximum Gasteiger partial charge on any atom is 0.253 e. The van der Waals surface area contributed by atoms with Crippen LogP contribution in [0.2, 0.25) is 0 Å². The molecule has 0 aliphatic carbocycles. The van der Waals surface area contributed by atoms with Crippen molar-refractivity contribution in [1.29, 1.82) is 0 Å². The van der Waals surface area contributed by atoms with Crippen LogP contribution in [0.15, 0.2) is 10.4 Å². The van der Waals surface area contributed by atoms with Gasteiger partial charge in [-0.1, -0.05) is 6.42 Å². The predicted octanol–water partition coefficient (Wildman–Crippen LogP) is 1.21. The van der Waals surface area contributed by atoms with E-state index in [1.54, 1.807) is 7.05 Å². The molecule has 2 rings (SSSR count). The monoisotopic (exact) mass is 289 g/mol. The molecule has 7 heteroatoms. The number of nitrogens with zero attached hydrogens (tertiary/aromatic N) is 2. The van der Waals surface area contributed by atoms with Gasteiger partial charge in [-0.15, -0.1) is 11.3 Å². The molecule has 1 N–H and O–H groups in total. The van der Waals surface area contributed by atoms with Crippen molar-refractivity contribution >= 4 is 21.4 Å². The van der Waals surface area contributed by atoms with E-state index in [0.29, 0.717) is 10.8 Å². The van der Waals surface area contributed by atoms with Gasteiger partial charge >= 0.3 is 0 Å². The molecule has 2 heterocycles. The number of hydrogen-bond donors (Lipinski definition) is 1. The molecule has 0 spiro atoms. The Morgan fingerprint density at radius 2 is 2.33 bits per heavy atom. The molecule has 1 atom stereocenters. The van der Waals surface area contributed by atoms with Crippen molar-refractivity contribution in [2.75, 3.05) is 20.1 Å². The van der Waals surface area contributed by atoms with Gasteiger partial charge in [0.15, 0.2) is 4.21 Å². The quantitative estimate of drug-likeness (QED) is 0.905. The smallest absolute Gasteiger partial charge is 0.253 e.